The molecule has 0 saturated carbocycles. The van der Waals surface area contributed by atoms with Crippen molar-refractivity contribution in [2.45, 2.75) is 20.0 Å². The Morgan fingerprint density at radius 3 is 2.57 bits per heavy atom. The van der Waals surface area contributed by atoms with Crippen LogP contribution in [0.4, 0.5) is 20.3 Å². The molecule has 0 aliphatic heterocycles. The summed E-state index contributed by atoms with van der Waals surface area (Å²) in [5.74, 6) is -0.0591. The lowest BCUT2D eigenvalue weighted by Gasteiger charge is -2.18. The molecule has 0 aliphatic rings. The van der Waals surface area contributed by atoms with Gasteiger partial charge in [-0.25, -0.2) is 28.7 Å². The highest BCUT2D eigenvalue weighted by molar-refractivity contribution is 5.98. The van der Waals surface area contributed by atoms with E-state index in [1.54, 1.807) is 29.3 Å². The smallest absolute Gasteiger partial charge is 0.168 e. The summed E-state index contributed by atoms with van der Waals surface area (Å²) in [6.45, 7) is 3.21. The fourth-order valence-electron chi connectivity index (χ4n) is 3.73. The van der Waals surface area contributed by atoms with Crippen LogP contribution in [-0.4, -0.2) is 29.7 Å². The molecule has 3 heterocycles. The van der Waals surface area contributed by atoms with E-state index in [0.29, 0.717) is 28.3 Å². The van der Waals surface area contributed by atoms with Gasteiger partial charge in [-0.2, -0.15) is 5.10 Å². The van der Waals surface area contributed by atoms with Gasteiger partial charge in [0.2, 0.25) is 0 Å². The van der Waals surface area contributed by atoms with Gasteiger partial charge in [0.15, 0.2) is 17.7 Å². The van der Waals surface area contributed by atoms with E-state index in [-0.39, 0.29) is 11.3 Å². The highest BCUT2D eigenvalue weighted by atomic mass is 19.1. The molecule has 176 valence electrons. The molecule has 0 aliphatic carbocycles. The van der Waals surface area contributed by atoms with E-state index in [1.807, 2.05) is 32.3 Å². The molecule has 0 fully saturated rings. The van der Waals surface area contributed by atoms with Crippen molar-refractivity contribution in [2.75, 3.05) is 5.32 Å². The van der Waals surface area contributed by atoms with Gasteiger partial charge in [0.25, 0.3) is 0 Å². The fourth-order valence-corrected chi connectivity index (χ4v) is 3.73. The Kier molecular flexibility index (Phi) is 5.77. The van der Waals surface area contributed by atoms with Gasteiger partial charge in [-0.05, 0) is 49.7 Å². The number of rotatable bonds is 6. The zero-order chi connectivity index (χ0) is 24.5. The molecule has 35 heavy (non-hydrogen) atoms. The van der Waals surface area contributed by atoms with Crippen molar-refractivity contribution in [3.05, 3.63) is 84.5 Å². The van der Waals surface area contributed by atoms with E-state index in [9.17, 15) is 8.78 Å². The number of fused-ring (bicyclic) bond motifs is 1. The standard InChI is InChI=1S/C25H21F2N7O/c1-14-18(26)5-6-19(23(14)27)33-25-22-20(30-13-31-25)9-16(17-11-32-34(3)12-17)10-21(22)35-15(2)24-28-7-4-8-29-24/h4-13,15H,1-3H3,(H,30,31,33)/t15-/m0/s1. The third-order valence-corrected chi connectivity index (χ3v) is 5.57. The van der Waals surface area contributed by atoms with Crippen LogP contribution >= 0.6 is 0 Å². The van der Waals surface area contributed by atoms with E-state index in [1.165, 1.54) is 25.4 Å². The number of nitrogens with zero attached hydrogens (tertiary/aromatic N) is 6. The van der Waals surface area contributed by atoms with E-state index < -0.39 is 17.7 Å². The lowest BCUT2D eigenvalue weighted by molar-refractivity contribution is 0.219. The summed E-state index contributed by atoms with van der Waals surface area (Å²) in [7, 11) is 1.83. The molecule has 10 heteroatoms. The Morgan fingerprint density at radius 2 is 1.83 bits per heavy atom. The zero-order valence-corrected chi connectivity index (χ0v) is 19.2. The minimum atomic E-state index is -0.697. The van der Waals surface area contributed by atoms with Gasteiger partial charge in [-0.15, -0.1) is 0 Å². The zero-order valence-electron chi connectivity index (χ0n) is 19.2. The summed E-state index contributed by atoms with van der Waals surface area (Å²) in [5, 5.41) is 7.76. The van der Waals surface area contributed by atoms with Crippen LogP contribution in [0.5, 0.6) is 5.75 Å². The van der Waals surface area contributed by atoms with Crippen molar-refractivity contribution in [3.8, 4) is 16.9 Å². The third kappa shape index (κ3) is 4.37. The average Bonchev–Trinajstić information content (AvgIpc) is 3.31. The van der Waals surface area contributed by atoms with Gasteiger partial charge in [0, 0.05) is 36.8 Å². The molecule has 1 atom stereocenters. The highest BCUT2D eigenvalue weighted by Gasteiger charge is 2.19. The normalized spacial score (nSPS) is 12.0. The monoisotopic (exact) mass is 473 g/mol. The molecular weight excluding hydrogens is 452 g/mol. The van der Waals surface area contributed by atoms with Crippen LogP contribution in [0.1, 0.15) is 24.4 Å². The first-order valence-electron chi connectivity index (χ1n) is 10.8. The molecule has 0 radical (unpaired) electrons. The van der Waals surface area contributed by atoms with Crippen molar-refractivity contribution in [1.29, 1.82) is 0 Å². The molecule has 0 amide bonds. The minimum Gasteiger partial charge on any atom is -0.482 e. The number of hydrogen-bond acceptors (Lipinski definition) is 7. The summed E-state index contributed by atoms with van der Waals surface area (Å²) >= 11 is 0. The second kappa shape index (κ2) is 9.05. The number of aryl methyl sites for hydroxylation is 1. The van der Waals surface area contributed by atoms with Crippen LogP contribution in [0.3, 0.4) is 0 Å². The SMILES string of the molecule is Cc1c(F)ccc(Nc2ncnc3cc(-c4cnn(C)c4)cc(O[C@@H](C)c4ncccn4)c23)c1F. The molecule has 8 nitrogen and oxygen atoms in total. The van der Waals surface area contributed by atoms with Crippen molar-refractivity contribution in [3.63, 3.8) is 0 Å². The molecule has 0 spiro atoms. The molecule has 0 unspecified atom stereocenters. The van der Waals surface area contributed by atoms with Gasteiger partial charge >= 0.3 is 0 Å². The van der Waals surface area contributed by atoms with E-state index in [0.717, 1.165) is 11.1 Å². The predicted octanol–water partition coefficient (Wildman–Crippen LogP) is 5.29. The molecule has 2 aromatic carbocycles. The van der Waals surface area contributed by atoms with Crippen molar-refractivity contribution in [1.82, 2.24) is 29.7 Å². The number of hydrogen-bond donors (Lipinski definition) is 1. The summed E-state index contributed by atoms with van der Waals surface area (Å²) in [6.07, 6.45) is 7.78. The molecule has 0 bridgehead atoms. The Balaban J connectivity index is 1.65. The Bertz CT molecular complexity index is 1520. The summed E-state index contributed by atoms with van der Waals surface area (Å²) in [4.78, 5) is 17.3. The van der Waals surface area contributed by atoms with Crippen molar-refractivity contribution in [2.24, 2.45) is 7.05 Å². The van der Waals surface area contributed by atoms with Gasteiger partial charge in [0.1, 0.15) is 23.7 Å². The van der Waals surface area contributed by atoms with Crippen LogP contribution in [-0.2, 0) is 7.05 Å². The van der Waals surface area contributed by atoms with Gasteiger partial charge < -0.3 is 10.1 Å². The van der Waals surface area contributed by atoms with Crippen LogP contribution < -0.4 is 10.1 Å². The lowest BCUT2D eigenvalue weighted by atomic mass is 10.1. The summed E-state index contributed by atoms with van der Waals surface area (Å²) < 4.78 is 36.6. The Hall–Kier alpha value is -4.47. The number of aromatic nitrogens is 6. The number of ether oxygens (including phenoxy) is 1. The maximum atomic E-state index is 14.8. The van der Waals surface area contributed by atoms with Crippen LogP contribution in [0.2, 0.25) is 0 Å². The summed E-state index contributed by atoms with van der Waals surface area (Å²) in [6, 6.07) is 7.98. The molecule has 5 rings (SSSR count). The Labute approximate surface area is 199 Å². The maximum absolute atomic E-state index is 14.8. The first-order valence-corrected chi connectivity index (χ1v) is 10.8. The van der Waals surface area contributed by atoms with Crippen molar-refractivity contribution >= 4 is 22.4 Å². The lowest BCUT2D eigenvalue weighted by Crippen LogP contribution is -2.08. The molecule has 3 aromatic heterocycles. The van der Waals surface area contributed by atoms with Crippen LogP contribution in [0.15, 0.2) is 61.4 Å². The van der Waals surface area contributed by atoms with E-state index in [4.69, 9.17) is 4.74 Å². The van der Waals surface area contributed by atoms with Gasteiger partial charge in [-0.3, -0.25) is 4.68 Å². The molecular formula is C25H21F2N7O. The number of benzene rings is 2. The predicted molar refractivity (Wildman–Crippen MR) is 127 cm³/mol. The number of nitrogens with one attached hydrogen (secondary N) is 1. The molecule has 5 aromatic rings. The van der Waals surface area contributed by atoms with Crippen molar-refractivity contribution < 1.29 is 13.5 Å². The second-order valence-corrected chi connectivity index (χ2v) is 8.02. The first-order chi connectivity index (χ1) is 16.9. The van der Waals surface area contributed by atoms with Crippen LogP contribution in [0, 0.1) is 18.6 Å². The van der Waals surface area contributed by atoms with E-state index >= 15 is 0 Å². The molecule has 1 N–H and O–H groups in total. The maximum Gasteiger partial charge on any atom is 0.168 e. The fraction of sp³-hybridized carbons (Fsp3) is 0.160. The molecule has 0 saturated heterocycles. The van der Waals surface area contributed by atoms with Crippen LogP contribution in [0.25, 0.3) is 22.0 Å². The minimum absolute atomic E-state index is 0.0847. The second-order valence-electron chi connectivity index (χ2n) is 8.02. The quantitative estimate of drug-likeness (QED) is 0.358. The largest absolute Gasteiger partial charge is 0.482 e. The number of halogens is 2. The van der Waals surface area contributed by atoms with Gasteiger partial charge in [-0.1, -0.05) is 0 Å². The highest BCUT2D eigenvalue weighted by Crippen LogP contribution is 2.38. The van der Waals surface area contributed by atoms with E-state index in [2.05, 4.69) is 30.4 Å². The summed E-state index contributed by atoms with van der Waals surface area (Å²) in [5.41, 5.74) is 2.27. The number of anilines is 2. The Morgan fingerprint density at radius 1 is 1.03 bits per heavy atom. The average molecular weight is 473 g/mol. The van der Waals surface area contributed by atoms with Gasteiger partial charge in [0.05, 0.1) is 22.8 Å². The topological polar surface area (TPSA) is 90.6 Å². The third-order valence-electron chi connectivity index (χ3n) is 5.57. The first kappa shape index (κ1) is 22.3.